The van der Waals surface area contributed by atoms with Crippen molar-refractivity contribution in [3.8, 4) is 0 Å². The van der Waals surface area contributed by atoms with E-state index >= 15 is 0 Å². The van der Waals surface area contributed by atoms with Gasteiger partial charge in [0.1, 0.15) is 17.0 Å². The van der Waals surface area contributed by atoms with Crippen molar-refractivity contribution in [2.75, 3.05) is 18.4 Å². The second-order valence-electron chi connectivity index (χ2n) is 4.07. The molecule has 2 heterocycles. The van der Waals surface area contributed by atoms with Crippen molar-refractivity contribution in [3.63, 3.8) is 0 Å². The molecule has 0 unspecified atom stereocenters. The van der Waals surface area contributed by atoms with Crippen LogP contribution in [0.4, 0.5) is 5.82 Å². The van der Waals surface area contributed by atoms with Crippen molar-refractivity contribution < 1.29 is 4.79 Å². The molecule has 0 bridgehead atoms. The summed E-state index contributed by atoms with van der Waals surface area (Å²) in [5.74, 6) is 0.782. The summed E-state index contributed by atoms with van der Waals surface area (Å²) >= 11 is 1.64. The Labute approximate surface area is 115 Å². The van der Waals surface area contributed by atoms with E-state index in [9.17, 15) is 4.79 Å². The molecular formula is C13H16N4OS. The topological polar surface area (TPSA) is 66.9 Å². The van der Waals surface area contributed by atoms with Gasteiger partial charge in [0.15, 0.2) is 0 Å². The fourth-order valence-electron chi connectivity index (χ4n) is 1.69. The Morgan fingerprint density at radius 2 is 2.37 bits per heavy atom. The summed E-state index contributed by atoms with van der Waals surface area (Å²) in [6.45, 7) is 6.64. The molecule has 1 amide bonds. The van der Waals surface area contributed by atoms with Gasteiger partial charge in [0, 0.05) is 24.4 Å². The number of thiophene rings is 1. The number of carbonyl (C=O) groups is 1. The zero-order valence-electron chi connectivity index (χ0n) is 10.8. The van der Waals surface area contributed by atoms with Gasteiger partial charge in [-0.05, 0) is 13.0 Å². The van der Waals surface area contributed by atoms with E-state index in [-0.39, 0.29) is 5.91 Å². The molecule has 0 aromatic carbocycles. The molecule has 0 aliphatic carbocycles. The molecule has 0 aliphatic heterocycles. The second kappa shape index (κ2) is 6.29. The molecule has 0 aliphatic rings. The van der Waals surface area contributed by atoms with Crippen molar-refractivity contribution in [1.82, 2.24) is 15.3 Å². The minimum Gasteiger partial charge on any atom is -0.369 e. The smallest absolute Gasteiger partial charge is 0.222 e. The fraction of sp³-hybridized carbons (Fsp3) is 0.308. The van der Waals surface area contributed by atoms with Crippen LogP contribution in [0.3, 0.4) is 0 Å². The van der Waals surface area contributed by atoms with Crippen LogP contribution in [0.15, 0.2) is 25.0 Å². The highest BCUT2D eigenvalue weighted by molar-refractivity contribution is 7.18. The zero-order chi connectivity index (χ0) is 13.7. The highest BCUT2D eigenvalue weighted by atomic mass is 32.1. The lowest BCUT2D eigenvalue weighted by Crippen LogP contribution is -2.25. The lowest BCUT2D eigenvalue weighted by Gasteiger charge is -2.06. The maximum atomic E-state index is 11.4. The maximum Gasteiger partial charge on any atom is 0.222 e. The van der Waals surface area contributed by atoms with Gasteiger partial charge < -0.3 is 10.6 Å². The number of nitrogens with one attached hydrogen (secondary N) is 2. The minimum absolute atomic E-state index is 0.000742. The summed E-state index contributed by atoms with van der Waals surface area (Å²) in [6.07, 6.45) is 3.61. The molecule has 0 saturated carbocycles. The van der Waals surface area contributed by atoms with Gasteiger partial charge >= 0.3 is 0 Å². The van der Waals surface area contributed by atoms with Crippen LogP contribution >= 0.6 is 11.3 Å². The van der Waals surface area contributed by atoms with Crippen molar-refractivity contribution >= 4 is 33.3 Å². The van der Waals surface area contributed by atoms with E-state index in [1.807, 2.05) is 6.92 Å². The van der Waals surface area contributed by atoms with Gasteiger partial charge in [-0.2, -0.15) is 0 Å². The predicted octanol–water partition coefficient (Wildman–Crippen LogP) is 2.10. The van der Waals surface area contributed by atoms with E-state index in [1.54, 1.807) is 23.7 Å². The zero-order valence-corrected chi connectivity index (χ0v) is 11.6. The van der Waals surface area contributed by atoms with Crippen LogP contribution < -0.4 is 10.6 Å². The number of fused-ring (bicyclic) bond motifs is 1. The van der Waals surface area contributed by atoms with Crippen LogP contribution in [0.5, 0.6) is 0 Å². The molecule has 0 saturated heterocycles. The summed E-state index contributed by atoms with van der Waals surface area (Å²) < 4.78 is 0. The van der Waals surface area contributed by atoms with Crippen molar-refractivity contribution in [2.45, 2.75) is 13.3 Å². The molecule has 100 valence electrons. The van der Waals surface area contributed by atoms with E-state index in [0.29, 0.717) is 19.5 Å². The molecule has 6 heteroatoms. The Morgan fingerprint density at radius 3 is 3.16 bits per heavy atom. The average Bonchev–Trinajstić information content (AvgIpc) is 2.77. The first-order valence-electron chi connectivity index (χ1n) is 6.03. The number of aryl methyl sites for hydroxylation is 1. The number of aromatic nitrogens is 2. The molecule has 0 spiro atoms. The van der Waals surface area contributed by atoms with Gasteiger partial charge in [-0.15, -0.1) is 17.9 Å². The van der Waals surface area contributed by atoms with Gasteiger partial charge in [0.05, 0.1) is 5.39 Å². The summed E-state index contributed by atoms with van der Waals surface area (Å²) in [5.41, 5.74) is 0. The summed E-state index contributed by atoms with van der Waals surface area (Å²) in [4.78, 5) is 22.0. The molecular weight excluding hydrogens is 260 g/mol. The first-order valence-corrected chi connectivity index (χ1v) is 6.85. The number of nitrogens with zero attached hydrogens (tertiary/aromatic N) is 2. The largest absolute Gasteiger partial charge is 0.369 e. The second-order valence-corrected chi connectivity index (χ2v) is 5.30. The highest BCUT2D eigenvalue weighted by Gasteiger charge is 2.07. The molecule has 0 radical (unpaired) electrons. The molecule has 2 aromatic rings. The lowest BCUT2D eigenvalue weighted by atomic mass is 10.3. The van der Waals surface area contributed by atoms with Crippen LogP contribution in [0, 0.1) is 6.92 Å². The number of hydrogen-bond acceptors (Lipinski definition) is 5. The average molecular weight is 276 g/mol. The lowest BCUT2D eigenvalue weighted by molar-refractivity contribution is -0.120. The van der Waals surface area contributed by atoms with Gasteiger partial charge in [-0.25, -0.2) is 9.97 Å². The monoisotopic (exact) mass is 276 g/mol. The summed E-state index contributed by atoms with van der Waals surface area (Å²) in [6, 6.07) is 2.06. The van der Waals surface area contributed by atoms with E-state index in [0.717, 1.165) is 16.0 Å². The SMILES string of the molecule is C=CCNC(=O)CCNc1ncnc2sc(C)cc12. The first kappa shape index (κ1) is 13.5. The van der Waals surface area contributed by atoms with Crippen LogP contribution in [0.25, 0.3) is 10.2 Å². The Balaban J connectivity index is 1.94. The van der Waals surface area contributed by atoms with Crippen molar-refractivity contribution in [1.29, 1.82) is 0 Å². The number of rotatable bonds is 6. The van der Waals surface area contributed by atoms with Crippen LogP contribution in [0.2, 0.25) is 0 Å². The Bertz CT molecular complexity index is 593. The normalized spacial score (nSPS) is 10.4. The maximum absolute atomic E-state index is 11.4. The Kier molecular flexibility index (Phi) is 4.46. The highest BCUT2D eigenvalue weighted by Crippen LogP contribution is 2.27. The van der Waals surface area contributed by atoms with E-state index in [2.05, 4.69) is 33.2 Å². The van der Waals surface area contributed by atoms with Crippen molar-refractivity contribution in [3.05, 3.63) is 29.9 Å². The van der Waals surface area contributed by atoms with Gasteiger partial charge in [-0.1, -0.05) is 6.08 Å². The Hall–Kier alpha value is -1.95. The van der Waals surface area contributed by atoms with Gasteiger partial charge in [0.2, 0.25) is 5.91 Å². The molecule has 19 heavy (non-hydrogen) atoms. The third-order valence-corrected chi connectivity index (χ3v) is 3.50. The number of amides is 1. The quantitative estimate of drug-likeness (QED) is 0.793. The van der Waals surface area contributed by atoms with Crippen LogP contribution in [-0.4, -0.2) is 29.0 Å². The van der Waals surface area contributed by atoms with Crippen LogP contribution in [-0.2, 0) is 4.79 Å². The standard InChI is InChI=1S/C13H16N4OS/c1-3-5-14-11(18)4-6-15-12-10-7-9(2)19-13(10)17-8-16-12/h3,7-8H,1,4-6H2,2H3,(H,14,18)(H,15,16,17). The fourth-order valence-corrected chi connectivity index (χ4v) is 2.53. The predicted molar refractivity (Wildman–Crippen MR) is 78.5 cm³/mol. The summed E-state index contributed by atoms with van der Waals surface area (Å²) in [5, 5.41) is 6.92. The third-order valence-electron chi connectivity index (χ3n) is 2.54. The summed E-state index contributed by atoms with van der Waals surface area (Å²) in [7, 11) is 0. The molecule has 0 atom stereocenters. The first-order chi connectivity index (χ1) is 9.20. The number of anilines is 1. The van der Waals surface area contributed by atoms with Crippen molar-refractivity contribution in [2.24, 2.45) is 0 Å². The van der Waals surface area contributed by atoms with E-state index in [1.165, 1.54) is 4.88 Å². The number of carbonyl (C=O) groups excluding carboxylic acids is 1. The van der Waals surface area contributed by atoms with E-state index < -0.39 is 0 Å². The van der Waals surface area contributed by atoms with Gasteiger partial charge in [0.25, 0.3) is 0 Å². The van der Waals surface area contributed by atoms with Crippen LogP contribution in [0.1, 0.15) is 11.3 Å². The molecule has 0 fully saturated rings. The van der Waals surface area contributed by atoms with E-state index in [4.69, 9.17) is 0 Å². The number of hydrogen-bond donors (Lipinski definition) is 2. The molecule has 2 N–H and O–H groups in total. The van der Waals surface area contributed by atoms with Gasteiger partial charge in [-0.3, -0.25) is 4.79 Å². The Morgan fingerprint density at radius 1 is 1.53 bits per heavy atom. The molecule has 2 rings (SSSR count). The third kappa shape index (κ3) is 3.51. The molecule has 2 aromatic heterocycles. The minimum atomic E-state index is -0.000742. The molecule has 5 nitrogen and oxygen atoms in total.